The van der Waals surface area contributed by atoms with Crippen molar-refractivity contribution in [1.82, 2.24) is 15.5 Å². The first kappa shape index (κ1) is 21.1. The average Bonchev–Trinajstić information content (AvgIpc) is 3.20. The molecule has 2 aliphatic rings. The van der Waals surface area contributed by atoms with E-state index >= 15 is 0 Å². The fourth-order valence-corrected chi connectivity index (χ4v) is 4.03. The van der Waals surface area contributed by atoms with Crippen LogP contribution in [0, 0.1) is 11.3 Å². The van der Waals surface area contributed by atoms with Gasteiger partial charge in [-0.15, -0.1) is 0 Å². The molecule has 0 aromatic heterocycles. The largest absolute Gasteiger partial charge is 0.416 e. The third-order valence-electron chi connectivity index (χ3n) is 5.53. The first-order valence-corrected chi connectivity index (χ1v) is 9.53. The Morgan fingerprint density at radius 3 is 2.45 bits per heavy atom. The summed E-state index contributed by atoms with van der Waals surface area (Å²) < 4.78 is 40.9. The van der Waals surface area contributed by atoms with Gasteiger partial charge in [-0.2, -0.15) is 13.2 Å². The van der Waals surface area contributed by atoms with Crippen molar-refractivity contribution >= 4 is 17.8 Å². The topological polar surface area (TPSA) is 111 Å². The van der Waals surface area contributed by atoms with Crippen LogP contribution in [0.3, 0.4) is 0 Å². The van der Waals surface area contributed by atoms with E-state index in [4.69, 9.17) is 11.1 Å². The molecule has 3 rings (SSSR count). The minimum atomic E-state index is -4.62. The second-order valence-corrected chi connectivity index (χ2v) is 7.46. The van der Waals surface area contributed by atoms with Crippen molar-refractivity contribution < 1.29 is 22.8 Å². The van der Waals surface area contributed by atoms with E-state index in [2.05, 4.69) is 5.32 Å². The summed E-state index contributed by atoms with van der Waals surface area (Å²) in [5, 5.41) is 12.2. The van der Waals surface area contributed by atoms with Crippen LogP contribution >= 0.6 is 0 Å². The summed E-state index contributed by atoms with van der Waals surface area (Å²) in [7, 11) is 0. The van der Waals surface area contributed by atoms with Gasteiger partial charge in [0.25, 0.3) is 5.91 Å². The molecule has 0 radical (unpaired) electrons. The third-order valence-corrected chi connectivity index (χ3v) is 5.53. The van der Waals surface area contributed by atoms with E-state index < -0.39 is 23.6 Å². The number of halogens is 3. The highest BCUT2D eigenvalue weighted by Crippen LogP contribution is 2.39. The highest BCUT2D eigenvalue weighted by molar-refractivity contribution is 6.04. The number of amides is 2. The minimum Gasteiger partial charge on any atom is -0.370 e. The molecule has 0 spiro atoms. The minimum absolute atomic E-state index is 0.0450. The predicted molar refractivity (Wildman–Crippen MR) is 100 cm³/mol. The number of rotatable bonds is 3. The molecule has 1 aromatic carbocycles. The molecular formula is C19H24F3N5O2. The highest BCUT2D eigenvalue weighted by Gasteiger charge is 2.37. The fourth-order valence-electron chi connectivity index (χ4n) is 4.03. The summed E-state index contributed by atoms with van der Waals surface area (Å²) in [6.07, 6.45) is -2.95. The Hall–Kier alpha value is -2.62. The van der Waals surface area contributed by atoms with Crippen molar-refractivity contribution in [2.75, 3.05) is 26.2 Å². The number of nitrogens with two attached hydrogens (primary N) is 1. The van der Waals surface area contributed by atoms with Gasteiger partial charge >= 0.3 is 6.18 Å². The van der Waals surface area contributed by atoms with Gasteiger partial charge in [-0.25, -0.2) is 0 Å². The molecule has 1 aromatic rings. The van der Waals surface area contributed by atoms with E-state index in [1.165, 1.54) is 12.1 Å². The van der Waals surface area contributed by atoms with E-state index in [9.17, 15) is 22.8 Å². The molecule has 2 saturated heterocycles. The van der Waals surface area contributed by atoms with Crippen LogP contribution in [0.25, 0.3) is 0 Å². The number of carbonyl (C=O) groups is 2. The van der Waals surface area contributed by atoms with E-state index in [1.54, 1.807) is 4.90 Å². The highest BCUT2D eigenvalue weighted by atomic mass is 19.4. The van der Waals surface area contributed by atoms with Gasteiger partial charge in [0.2, 0.25) is 5.91 Å². The molecule has 10 heteroatoms. The molecule has 0 saturated carbocycles. The van der Waals surface area contributed by atoms with Gasteiger partial charge < -0.3 is 16.0 Å². The van der Waals surface area contributed by atoms with Crippen LogP contribution in [0.1, 0.15) is 46.7 Å². The molecule has 1 unspecified atom stereocenters. The second kappa shape index (κ2) is 8.40. The molecule has 0 bridgehead atoms. The molecule has 0 aliphatic carbocycles. The third kappa shape index (κ3) is 4.87. The van der Waals surface area contributed by atoms with Crippen molar-refractivity contribution in [3.63, 3.8) is 0 Å². The number of hydrogen-bond donors (Lipinski definition) is 4. The summed E-state index contributed by atoms with van der Waals surface area (Å²) in [4.78, 5) is 26.2. The van der Waals surface area contributed by atoms with Gasteiger partial charge in [0.15, 0.2) is 5.96 Å². The van der Waals surface area contributed by atoms with Crippen LogP contribution in [0.2, 0.25) is 0 Å². The van der Waals surface area contributed by atoms with Crippen LogP contribution in [-0.4, -0.2) is 48.9 Å². The summed E-state index contributed by atoms with van der Waals surface area (Å²) in [6.45, 7) is 2.31. The Balaban J connectivity index is 1.75. The number of carbonyl (C=O) groups excluding carboxylic acids is 2. The van der Waals surface area contributed by atoms with Crippen molar-refractivity contribution in [1.29, 1.82) is 5.41 Å². The number of nitrogens with zero attached hydrogens (tertiary/aromatic N) is 1. The van der Waals surface area contributed by atoms with Crippen LogP contribution in [-0.2, 0) is 11.0 Å². The number of guanidine groups is 1. The lowest BCUT2D eigenvalue weighted by atomic mass is 9.85. The summed E-state index contributed by atoms with van der Waals surface area (Å²) >= 11 is 0. The monoisotopic (exact) mass is 411 g/mol. The molecule has 1 atom stereocenters. The Labute approximate surface area is 166 Å². The number of hydrogen-bond acceptors (Lipinski definition) is 4. The quantitative estimate of drug-likeness (QED) is 0.448. The first-order valence-electron chi connectivity index (χ1n) is 9.53. The molecule has 29 heavy (non-hydrogen) atoms. The number of nitrogens with one attached hydrogen (secondary N) is 3. The number of alkyl halides is 3. The maximum absolute atomic E-state index is 13.6. The number of piperidine rings is 1. The van der Waals surface area contributed by atoms with E-state index in [1.807, 2.05) is 5.32 Å². The standard InChI is InChI=1S/C19H24F3N5O2/c20-19(21,22)15-9-12(16(28)26-18(23)24)1-2-14(15)11-4-7-27(8-5-11)17(29)13-3-6-25-10-13/h1-2,9,11,13,25H,3-8,10H2,(H4,23,24,26,28). The number of benzene rings is 1. The Morgan fingerprint density at radius 1 is 1.21 bits per heavy atom. The zero-order valence-corrected chi connectivity index (χ0v) is 15.8. The lowest BCUT2D eigenvalue weighted by Gasteiger charge is -2.34. The normalized spacial score (nSPS) is 20.5. The molecule has 2 heterocycles. The van der Waals surface area contributed by atoms with Crippen LogP contribution in [0.4, 0.5) is 13.2 Å². The zero-order valence-electron chi connectivity index (χ0n) is 15.8. The maximum atomic E-state index is 13.6. The Kier molecular flexibility index (Phi) is 6.11. The molecule has 2 aliphatic heterocycles. The lowest BCUT2D eigenvalue weighted by Crippen LogP contribution is -2.42. The van der Waals surface area contributed by atoms with Crippen LogP contribution in [0.5, 0.6) is 0 Å². The number of likely N-dealkylation sites (tertiary alicyclic amines) is 1. The van der Waals surface area contributed by atoms with E-state index in [-0.39, 0.29) is 28.9 Å². The molecule has 7 nitrogen and oxygen atoms in total. The fraction of sp³-hybridized carbons (Fsp3) is 0.526. The van der Waals surface area contributed by atoms with Gasteiger partial charge in [0.05, 0.1) is 11.5 Å². The molecule has 2 amide bonds. The van der Waals surface area contributed by atoms with Crippen LogP contribution in [0.15, 0.2) is 18.2 Å². The van der Waals surface area contributed by atoms with Gasteiger partial charge in [-0.3, -0.25) is 20.3 Å². The van der Waals surface area contributed by atoms with Crippen molar-refractivity contribution in [3.05, 3.63) is 34.9 Å². The molecular weight excluding hydrogens is 387 g/mol. The Morgan fingerprint density at radius 2 is 1.90 bits per heavy atom. The van der Waals surface area contributed by atoms with E-state index in [0.29, 0.717) is 32.5 Å². The van der Waals surface area contributed by atoms with Gasteiger partial charge in [0.1, 0.15) is 0 Å². The van der Waals surface area contributed by atoms with Gasteiger partial charge in [-0.05, 0) is 49.4 Å². The van der Waals surface area contributed by atoms with E-state index in [0.717, 1.165) is 19.0 Å². The summed E-state index contributed by atoms with van der Waals surface area (Å²) in [6, 6.07) is 3.43. The van der Waals surface area contributed by atoms with Crippen molar-refractivity contribution in [3.8, 4) is 0 Å². The van der Waals surface area contributed by atoms with Gasteiger partial charge in [-0.1, -0.05) is 6.07 Å². The summed E-state index contributed by atoms with van der Waals surface area (Å²) in [5.41, 5.74) is 4.13. The molecule has 158 valence electrons. The zero-order chi connectivity index (χ0) is 21.2. The molecule has 5 N–H and O–H groups in total. The maximum Gasteiger partial charge on any atom is 0.416 e. The lowest BCUT2D eigenvalue weighted by molar-refractivity contribution is -0.139. The smallest absolute Gasteiger partial charge is 0.370 e. The average molecular weight is 411 g/mol. The second-order valence-electron chi connectivity index (χ2n) is 7.46. The summed E-state index contributed by atoms with van der Waals surface area (Å²) in [5.74, 6) is -1.82. The molecule has 2 fully saturated rings. The predicted octanol–water partition coefficient (Wildman–Crippen LogP) is 1.64. The van der Waals surface area contributed by atoms with Crippen molar-refractivity contribution in [2.45, 2.75) is 31.4 Å². The Bertz CT molecular complexity index is 798. The first-order chi connectivity index (χ1) is 13.7. The van der Waals surface area contributed by atoms with Crippen LogP contribution < -0.4 is 16.4 Å². The van der Waals surface area contributed by atoms with Gasteiger partial charge in [0, 0.05) is 25.2 Å². The van der Waals surface area contributed by atoms with Crippen molar-refractivity contribution in [2.24, 2.45) is 11.7 Å². The SMILES string of the molecule is N=C(N)NC(=O)c1ccc(C2CCN(C(=O)C3CCNC3)CC2)c(C(F)(F)F)c1.